The van der Waals surface area contributed by atoms with Gasteiger partial charge in [-0.3, -0.25) is 4.79 Å². The molecular formula is C23H21Br2F3N4O3S2. The van der Waals surface area contributed by atoms with Crippen LogP contribution in [-0.2, 0) is 17.6 Å². The van der Waals surface area contributed by atoms with Crippen molar-refractivity contribution in [3.63, 3.8) is 0 Å². The number of hydrogen-bond acceptors (Lipinski definition) is 7. The summed E-state index contributed by atoms with van der Waals surface area (Å²) in [5.74, 6) is -1.16. The molecule has 7 nitrogen and oxygen atoms in total. The van der Waals surface area contributed by atoms with E-state index in [0.29, 0.717) is 17.0 Å². The maximum Gasteiger partial charge on any atom is 0.410 e. The van der Waals surface area contributed by atoms with Gasteiger partial charge < -0.3 is 15.4 Å². The summed E-state index contributed by atoms with van der Waals surface area (Å²) in [6.07, 6.45) is -1.45. The summed E-state index contributed by atoms with van der Waals surface area (Å²) in [7, 11) is 0. The Bertz CT molecular complexity index is 1370. The van der Waals surface area contributed by atoms with E-state index in [0.717, 1.165) is 43.0 Å². The summed E-state index contributed by atoms with van der Waals surface area (Å²) in [6, 6.07) is 1.02. The first kappa shape index (κ1) is 26.7. The van der Waals surface area contributed by atoms with Gasteiger partial charge in [-0.25, -0.2) is 9.48 Å². The van der Waals surface area contributed by atoms with Crippen molar-refractivity contribution in [1.29, 1.82) is 0 Å². The van der Waals surface area contributed by atoms with Gasteiger partial charge in [0.05, 0.1) is 26.5 Å². The minimum absolute atomic E-state index is 0.0735. The molecule has 5 rings (SSSR count). The van der Waals surface area contributed by atoms with Crippen LogP contribution in [0.1, 0.15) is 74.4 Å². The molecule has 1 aliphatic heterocycles. The lowest BCUT2D eigenvalue weighted by atomic mass is 9.95. The molecule has 0 radical (unpaired) electrons. The molecule has 0 unspecified atom stereocenters. The van der Waals surface area contributed by atoms with Crippen LogP contribution < -0.4 is 10.6 Å². The number of ether oxygens (including phenoxy) is 1. The fourth-order valence-corrected chi connectivity index (χ4v) is 7.99. The second kappa shape index (κ2) is 10.3. The average molecular weight is 682 g/mol. The zero-order chi connectivity index (χ0) is 26.5. The van der Waals surface area contributed by atoms with Crippen LogP contribution in [0.5, 0.6) is 0 Å². The van der Waals surface area contributed by atoms with Gasteiger partial charge in [0.15, 0.2) is 11.7 Å². The number of aryl methyl sites for hydroxylation is 1. The first-order valence-electron chi connectivity index (χ1n) is 11.6. The molecule has 0 aromatic carbocycles. The van der Waals surface area contributed by atoms with Crippen molar-refractivity contribution in [3.05, 3.63) is 47.0 Å². The number of amides is 1. The van der Waals surface area contributed by atoms with Gasteiger partial charge >= 0.3 is 12.1 Å². The van der Waals surface area contributed by atoms with E-state index in [1.807, 2.05) is 0 Å². The number of anilines is 2. The number of carbonyl (C=O) groups is 2. The van der Waals surface area contributed by atoms with Gasteiger partial charge in [-0.05, 0) is 82.2 Å². The molecule has 0 saturated heterocycles. The Labute approximate surface area is 235 Å². The lowest BCUT2D eigenvalue weighted by Crippen LogP contribution is -2.35. The standard InChI is InChI=1S/C23H21Br2F3N4O3S2/c1-2-35-22(34)16-10-5-3-4-6-12(10)37-21(16)30-20(33)18-17(25)19-29-11(13-7-8-15(24)36-13)9-14(23(26,27)28)32(19)31-18/h7-8,11,14,29H,2-6,9H2,1H3,(H,30,33)/t11-,14+/m0/s1. The number of alkyl halides is 3. The molecule has 4 heterocycles. The first-order chi connectivity index (χ1) is 17.6. The smallest absolute Gasteiger partial charge is 0.410 e. The van der Waals surface area contributed by atoms with Crippen LogP contribution in [0.25, 0.3) is 0 Å². The van der Waals surface area contributed by atoms with Crippen molar-refractivity contribution in [3.8, 4) is 0 Å². The Hall–Kier alpha value is -1.90. The van der Waals surface area contributed by atoms with Gasteiger partial charge in [-0.1, -0.05) is 0 Å². The lowest BCUT2D eigenvalue weighted by Gasteiger charge is -2.33. The number of carbonyl (C=O) groups excluding carboxylic acids is 2. The molecule has 0 spiro atoms. The number of hydrogen-bond donors (Lipinski definition) is 2. The lowest BCUT2D eigenvalue weighted by molar-refractivity contribution is -0.173. The van der Waals surface area contributed by atoms with Crippen molar-refractivity contribution in [2.24, 2.45) is 0 Å². The number of aromatic nitrogens is 2. The Morgan fingerprint density at radius 2 is 2.00 bits per heavy atom. The van der Waals surface area contributed by atoms with E-state index >= 15 is 0 Å². The van der Waals surface area contributed by atoms with E-state index in [2.05, 4.69) is 47.6 Å². The molecule has 2 aliphatic rings. The Morgan fingerprint density at radius 3 is 2.68 bits per heavy atom. The SMILES string of the molecule is CCOC(=O)c1c(NC(=O)c2nn3c(c2Br)N[C@H](c2ccc(Br)s2)C[C@@H]3C(F)(F)F)sc2c1CCCC2. The second-order valence-electron chi connectivity index (χ2n) is 8.68. The van der Waals surface area contributed by atoms with E-state index in [1.54, 1.807) is 19.1 Å². The van der Waals surface area contributed by atoms with Crippen LogP contribution in [0, 0.1) is 0 Å². The van der Waals surface area contributed by atoms with E-state index in [9.17, 15) is 22.8 Å². The zero-order valence-electron chi connectivity index (χ0n) is 19.4. The number of fused-ring (bicyclic) bond motifs is 2. The molecule has 1 amide bonds. The topological polar surface area (TPSA) is 85.2 Å². The molecule has 3 aromatic rings. The van der Waals surface area contributed by atoms with Gasteiger partial charge in [0, 0.05) is 16.2 Å². The molecular weight excluding hydrogens is 661 g/mol. The molecule has 37 heavy (non-hydrogen) atoms. The molecule has 1 aliphatic carbocycles. The second-order valence-corrected chi connectivity index (χ2v) is 13.1. The molecule has 198 valence electrons. The molecule has 2 N–H and O–H groups in total. The largest absolute Gasteiger partial charge is 0.462 e. The van der Waals surface area contributed by atoms with Crippen molar-refractivity contribution in [1.82, 2.24) is 9.78 Å². The Kier molecular flexibility index (Phi) is 7.46. The Balaban J connectivity index is 1.50. The maximum absolute atomic E-state index is 14.1. The number of thiophene rings is 2. The third-order valence-electron chi connectivity index (χ3n) is 6.33. The zero-order valence-corrected chi connectivity index (χ0v) is 24.2. The highest BCUT2D eigenvalue weighted by atomic mass is 79.9. The van der Waals surface area contributed by atoms with Crippen molar-refractivity contribution in [2.45, 2.75) is 57.3 Å². The number of halogens is 5. The van der Waals surface area contributed by atoms with Crippen LogP contribution in [0.15, 0.2) is 20.4 Å². The van der Waals surface area contributed by atoms with Crippen molar-refractivity contribution >= 4 is 77.2 Å². The minimum Gasteiger partial charge on any atom is -0.462 e. The first-order valence-corrected chi connectivity index (χ1v) is 14.8. The highest BCUT2D eigenvalue weighted by Gasteiger charge is 2.48. The number of rotatable bonds is 5. The molecule has 0 saturated carbocycles. The molecule has 14 heteroatoms. The summed E-state index contributed by atoms with van der Waals surface area (Å²) in [5, 5.41) is 10.3. The van der Waals surface area contributed by atoms with E-state index < -0.39 is 30.1 Å². The van der Waals surface area contributed by atoms with Crippen LogP contribution in [-0.4, -0.2) is 34.4 Å². The highest BCUT2D eigenvalue weighted by Crippen LogP contribution is 2.48. The number of nitrogens with one attached hydrogen (secondary N) is 2. The number of nitrogens with zero attached hydrogens (tertiary/aromatic N) is 2. The summed E-state index contributed by atoms with van der Waals surface area (Å²) in [5.41, 5.74) is 0.993. The molecule has 3 aromatic heterocycles. The fraction of sp³-hybridized carbons (Fsp3) is 0.435. The van der Waals surface area contributed by atoms with Gasteiger partial charge in [0.2, 0.25) is 0 Å². The third kappa shape index (κ3) is 5.09. The quantitative estimate of drug-likeness (QED) is 0.273. The fourth-order valence-electron chi connectivity index (χ4n) is 4.67. The normalized spacial score (nSPS) is 19.1. The summed E-state index contributed by atoms with van der Waals surface area (Å²) in [4.78, 5) is 27.8. The minimum atomic E-state index is -4.58. The van der Waals surface area contributed by atoms with Gasteiger partial charge in [-0.15, -0.1) is 22.7 Å². The summed E-state index contributed by atoms with van der Waals surface area (Å²) in [6.45, 7) is 1.89. The molecule has 2 atom stereocenters. The summed E-state index contributed by atoms with van der Waals surface area (Å²) < 4.78 is 49.2. The highest BCUT2D eigenvalue weighted by molar-refractivity contribution is 9.11. The van der Waals surface area contributed by atoms with E-state index in [-0.39, 0.29) is 29.0 Å². The van der Waals surface area contributed by atoms with Gasteiger partial charge in [-0.2, -0.15) is 18.3 Å². The summed E-state index contributed by atoms with van der Waals surface area (Å²) >= 11 is 9.32. The van der Waals surface area contributed by atoms with E-state index in [1.165, 1.54) is 22.7 Å². The van der Waals surface area contributed by atoms with Crippen molar-refractivity contribution in [2.75, 3.05) is 17.2 Å². The number of esters is 1. The predicted octanol–water partition coefficient (Wildman–Crippen LogP) is 7.50. The van der Waals surface area contributed by atoms with Crippen molar-refractivity contribution < 1.29 is 27.5 Å². The van der Waals surface area contributed by atoms with Gasteiger partial charge in [0.1, 0.15) is 10.8 Å². The molecule has 0 bridgehead atoms. The van der Waals surface area contributed by atoms with E-state index in [4.69, 9.17) is 4.74 Å². The van der Waals surface area contributed by atoms with Crippen LogP contribution in [0.4, 0.5) is 24.0 Å². The Morgan fingerprint density at radius 1 is 1.24 bits per heavy atom. The predicted molar refractivity (Wildman–Crippen MR) is 143 cm³/mol. The maximum atomic E-state index is 14.1. The molecule has 0 fully saturated rings. The van der Waals surface area contributed by atoms with Gasteiger partial charge in [0.25, 0.3) is 5.91 Å². The van der Waals surface area contributed by atoms with Crippen LogP contribution in [0.2, 0.25) is 0 Å². The van der Waals surface area contributed by atoms with Crippen LogP contribution >= 0.6 is 54.5 Å². The average Bonchev–Trinajstić information content (AvgIpc) is 3.53. The monoisotopic (exact) mass is 680 g/mol. The van der Waals surface area contributed by atoms with Crippen LogP contribution in [0.3, 0.4) is 0 Å². The third-order valence-corrected chi connectivity index (χ3v) is 10.0.